The normalized spacial score (nSPS) is 18.4. The molecule has 1 N–H and O–H groups in total. The summed E-state index contributed by atoms with van der Waals surface area (Å²) >= 11 is 0. The molecule has 2 aromatic heterocycles. The third-order valence-electron chi connectivity index (χ3n) is 4.91. The van der Waals surface area contributed by atoms with E-state index in [4.69, 9.17) is 5.11 Å². The van der Waals surface area contributed by atoms with Crippen LogP contribution in [0.15, 0.2) is 36.8 Å². The molecule has 0 radical (unpaired) electrons. The van der Waals surface area contributed by atoms with Gasteiger partial charge in [-0.05, 0) is 69.3 Å². The van der Waals surface area contributed by atoms with Crippen molar-refractivity contribution in [2.24, 2.45) is 5.92 Å². The largest absolute Gasteiger partial charge is 0.478 e. The molecule has 5 heteroatoms. The molecule has 0 unspecified atom stereocenters. The van der Waals surface area contributed by atoms with Gasteiger partial charge in [0.1, 0.15) is 0 Å². The lowest BCUT2D eigenvalue weighted by atomic mass is 9.90. The highest BCUT2D eigenvalue weighted by molar-refractivity contribution is 5.88. The van der Waals surface area contributed by atoms with E-state index in [0.29, 0.717) is 12.0 Å². The standard InChI is InChI=1S/C20H25N3O2/c1-14(2)23-7-3-4-16(13-23)8-15-5-6-22-19(9-15)17-10-18(20(24)25)12-21-11-17/h5-6,9-12,14,16H,3-4,7-8,13H2,1-2H3,(H,24,25)/t16-/m1/s1. The molecule has 0 amide bonds. The summed E-state index contributed by atoms with van der Waals surface area (Å²) in [6.07, 6.45) is 8.38. The van der Waals surface area contributed by atoms with E-state index in [9.17, 15) is 4.79 Å². The number of nitrogens with zero attached hydrogens (tertiary/aromatic N) is 3. The predicted octanol–water partition coefficient (Wildman–Crippen LogP) is 3.50. The quantitative estimate of drug-likeness (QED) is 0.903. The van der Waals surface area contributed by atoms with E-state index in [1.807, 2.05) is 0 Å². The van der Waals surface area contributed by atoms with E-state index in [-0.39, 0.29) is 5.56 Å². The number of pyridine rings is 2. The fourth-order valence-electron chi connectivity index (χ4n) is 3.52. The fraction of sp³-hybridized carbons (Fsp3) is 0.450. The SMILES string of the molecule is CC(C)N1CCC[C@H](Cc2ccnc(-c3cncc(C(=O)O)c3)c2)C1. The van der Waals surface area contributed by atoms with Crippen molar-refractivity contribution in [1.82, 2.24) is 14.9 Å². The van der Waals surface area contributed by atoms with Crippen LogP contribution < -0.4 is 0 Å². The van der Waals surface area contributed by atoms with Crippen molar-refractivity contribution < 1.29 is 9.90 Å². The second kappa shape index (κ2) is 7.74. The molecule has 0 bridgehead atoms. The Morgan fingerprint density at radius 3 is 2.96 bits per heavy atom. The van der Waals surface area contributed by atoms with E-state index >= 15 is 0 Å². The molecule has 3 heterocycles. The third kappa shape index (κ3) is 4.42. The average molecular weight is 339 g/mol. The maximum Gasteiger partial charge on any atom is 0.337 e. The number of aromatic nitrogens is 2. The number of rotatable bonds is 5. The van der Waals surface area contributed by atoms with Crippen LogP contribution in [0, 0.1) is 5.92 Å². The molecule has 1 atom stereocenters. The van der Waals surface area contributed by atoms with E-state index in [1.165, 1.54) is 31.1 Å². The molecule has 1 aliphatic rings. The number of likely N-dealkylation sites (tertiary alicyclic amines) is 1. The van der Waals surface area contributed by atoms with Gasteiger partial charge in [-0.3, -0.25) is 9.97 Å². The fourth-order valence-corrected chi connectivity index (χ4v) is 3.52. The minimum absolute atomic E-state index is 0.185. The van der Waals surface area contributed by atoms with Gasteiger partial charge in [0.15, 0.2) is 0 Å². The van der Waals surface area contributed by atoms with Crippen molar-refractivity contribution in [1.29, 1.82) is 0 Å². The first-order chi connectivity index (χ1) is 12.0. The second-order valence-electron chi connectivity index (χ2n) is 7.12. The highest BCUT2D eigenvalue weighted by Crippen LogP contribution is 2.24. The van der Waals surface area contributed by atoms with Gasteiger partial charge in [-0.2, -0.15) is 0 Å². The van der Waals surface area contributed by atoms with Gasteiger partial charge in [0.25, 0.3) is 0 Å². The van der Waals surface area contributed by atoms with Crippen LogP contribution in [0.1, 0.15) is 42.6 Å². The molecule has 132 valence electrons. The number of carboxylic acid groups (broad SMARTS) is 1. The molecule has 0 aromatic carbocycles. The molecule has 1 saturated heterocycles. The topological polar surface area (TPSA) is 66.3 Å². The summed E-state index contributed by atoms with van der Waals surface area (Å²) in [5.41, 5.74) is 2.96. The molecule has 1 aliphatic heterocycles. The molecule has 1 fully saturated rings. The van der Waals surface area contributed by atoms with Gasteiger partial charge in [0.2, 0.25) is 0 Å². The van der Waals surface area contributed by atoms with Crippen LogP contribution in [0.25, 0.3) is 11.3 Å². The summed E-state index contributed by atoms with van der Waals surface area (Å²) in [6.45, 7) is 6.86. The van der Waals surface area contributed by atoms with Gasteiger partial charge in [0.05, 0.1) is 11.3 Å². The summed E-state index contributed by atoms with van der Waals surface area (Å²) in [5, 5.41) is 9.13. The zero-order chi connectivity index (χ0) is 17.8. The van der Waals surface area contributed by atoms with Crippen LogP contribution >= 0.6 is 0 Å². The summed E-state index contributed by atoms with van der Waals surface area (Å²) in [4.78, 5) is 22.1. The van der Waals surface area contributed by atoms with Crippen LogP contribution in [0.5, 0.6) is 0 Å². The molecule has 0 spiro atoms. The van der Waals surface area contributed by atoms with Crippen LogP contribution in [0.3, 0.4) is 0 Å². The molecular formula is C20H25N3O2. The minimum atomic E-state index is -0.971. The average Bonchev–Trinajstić information content (AvgIpc) is 2.62. The maximum atomic E-state index is 11.1. The van der Waals surface area contributed by atoms with Crippen molar-refractivity contribution in [2.45, 2.75) is 39.2 Å². The van der Waals surface area contributed by atoms with Crippen molar-refractivity contribution in [2.75, 3.05) is 13.1 Å². The van der Waals surface area contributed by atoms with Gasteiger partial charge >= 0.3 is 5.97 Å². The number of piperidine rings is 1. The summed E-state index contributed by atoms with van der Waals surface area (Å²) in [5.74, 6) is -0.309. The highest BCUT2D eigenvalue weighted by Gasteiger charge is 2.22. The summed E-state index contributed by atoms with van der Waals surface area (Å²) < 4.78 is 0. The van der Waals surface area contributed by atoms with E-state index < -0.39 is 5.97 Å². The Labute approximate surface area is 148 Å². The number of hydrogen-bond donors (Lipinski definition) is 1. The molecule has 25 heavy (non-hydrogen) atoms. The van der Waals surface area contributed by atoms with Crippen LogP contribution in [-0.2, 0) is 6.42 Å². The van der Waals surface area contributed by atoms with Gasteiger partial charge in [-0.1, -0.05) is 0 Å². The first-order valence-corrected chi connectivity index (χ1v) is 8.90. The zero-order valence-corrected chi connectivity index (χ0v) is 14.9. The van der Waals surface area contributed by atoms with Gasteiger partial charge in [-0.15, -0.1) is 0 Å². The number of hydrogen-bond acceptors (Lipinski definition) is 4. The first-order valence-electron chi connectivity index (χ1n) is 8.90. The highest BCUT2D eigenvalue weighted by atomic mass is 16.4. The maximum absolute atomic E-state index is 11.1. The zero-order valence-electron chi connectivity index (χ0n) is 14.9. The number of aromatic carboxylic acids is 1. The Bertz CT molecular complexity index is 745. The van der Waals surface area contributed by atoms with Gasteiger partial charge < -0.3 is 10.0 Å². The van der Waals surface area contributed by atoms with E-state index in [1.54, 1.807) is 18.5 Å². The van der Waals surface area contributed by atoms with E-state index in [2.05, 4.69) is 40.8 Å². The van der Waals surface area contributed by atoms with Crippen LogP contribution in [0.4, 0.5) is 0 Å². The molecule has 3 rings (SSSR count). The van der Waals surface area contributed by atoms with Crippen molar-refractivity contribution in [3.05, 3.63) is 47.9 Å². The summed E-state index contributed by atoms with van der Waals surface area (Å²) in [7, 11) is 0. The Balaban J connectivity index is 1.75. The van der Waals surface area contributed by atoms with Crippen molar-refractivity contribution >= 4 is 5.97 Å². The van der Waals surface area contributed by atoms with Crippen molar-refractivity contribution in [3.8, 4) is 11.3 Å². The number of carbonyl (C=O) groups is 1. The smallest absolute Gasteiger partial charge is 0.337 e. The Hall–Kier alpha value is -2.27. The first kappa shape index (κ1) is 17.5. The predicted molar refractivity (Wildman–Crippen MR) is 97.6 cm³/mol. The molecular weight excluding hydrogens is 314 g/mol. The van der Waals surface area contributed by atoms with Crippen LogP contribution in [-0.4, -0.2) is 45.1 Å². The molecule has 0 saturated carbocycles. The van der Waals surface area contributed by atoms with Gasteiger partial charge in [0, 0.05) is 36.7 Å². The third-order valence-corrected chi connectivity index (χ3v) is 4.91. The molecule has 2 aromatic rings. The summed E-state index contributed by atoms with van der Waals surface area (Å²) in [6, 6.07) is 6.35. The van der Waals surface area contributed by atoms with Crippen molar-refractivity contribution in [3.63, 3.8) is 0 Å². The molecule has 0 aliphatic carbocycles. The number of carboxylic acids is 1. The Morgan fingerprint density at radius 1 is 1.36 bits per heavy atom. The van der Waals surface area contributed by atoms with E-state index in [0.717, 1.165) is 24.2 Å². The minimum Gasteiger partial charge on any atom is -0.478 e. The Morgan fingerprint density at radius 2 is 2.20 bits per heavy atom. The lowest BCUT2D eigenvalue weighted by Crippen LogP contribution is -2.40. The lowest BCUT2D eigenvalue weighted by molar-refractivity contribution is 0.0696. The monoisotopic (exact) mass is 339 g/mol. The lowest BCUT2D eigenvalue weighted by Gasteiger charge is -2.35. The van der Waals surface area contributed by atoms with Crippen LogP contribution in [0.2, 0.25) is 0 Å². The van der Waals surface area contributed by atoms with Gasteiger partial charge in [-0.25, -0.2) is 4.79 Å². The second-order valence-corrected chi connectivity index (χ2v) is 7.12. The molecule has 5 nitrogen and oxygen atoms in total. The Kier molecular flexibility index (Phi) is 5.43.